The molecule has 0 N–H and O–H groups in total. The van der Waals surface area contributed by atoms with Crippen molar-refractivity contribution in [3.8, 4) is 5.75 Å². The van der Waals surface area contributed by atoms with Crippen LogP contribution < -0.4 is 9.64 Å². The van der Waals surface area contributed by atoms with Gasteiger partial charge in [-0.25, -0.2) is 0 Å². The third-order valence-electron chi connectivity index (χ3n) is 3.17. The third kappa shape index (κ3) is 2.91. The Bertz CT molecular complexity index is 365. The molecule has 0 saturated carbocycles. The largest absolute Gasteiger partial charge is 0.490 e. The highest BCUT2D eigenvalue weighted by molar-refractivity contribution is 5.61. The van der Waals surface area contributed by atoms with Gasteiger partial charge in [-0.2, -0.15) is 0 Å². The lowest BCUT2D eigenvalue weighted by Crippen LogP contribution is -2.34. The molecule has 1 aromatic rings. The number of rotatable bonds is 5. The molecule has 1 aromatic carbocycles. The molecule has 1 aliphatic rings. The van der Waals surface area contributed by atoms with Crippen LogP contribution in [0.4, 0.5) is 5.69 Å². The zero-order chi connectivity index (χ0) is 12.1. The summed E-state index contributed by atoms with van der Waals surface area (Å²) in [6.07, 6.45) is 2.13. The third-order valence-corrected chi connectivity index (χ3v) is 3.17. The van der Waals surface area contributed by atoms with Crippen molar-refractivity contribution in [1.82, 2.24) is 0 Å². The van der Waals surface area contributed by atoms with E-state index < -0.39 is 0 Å². The highest BCUT2D eigenvalue weighted by Crippen LogP contribution is 2.32. The van der Waals surface area contributed by atoms with Crippen molar-refractivity contribution in [2.75, 3.05) is 38.3 Å². The zero-order valence-electron chi connectivity index (χ0n) is 10.7. The summed E-state index contributed by atoms with van der Waals surface area (Å²) in [6, 6.07) is 6.50. The minimum atomic E-state index is 0.783. The number of hydrogen-bond acceptors (Lipinski definition) is 3. The summed E-state index contributed by atoms with van der Waals surface area (Å²) in [6.45, 7) is 5.80. The predicted molar refractivity (Wildman–Crippen MR) is 70.0 cm³/mol. The fourth-order valence-electron chi connectivity index (χ4n) is 2.17. The van der Waals surface area contributed by atoms with Crippen molar-refractivity contribution in [3.05, 3.63) is 23.8 Å². The van der Waals surface area contributed by atoms with Crippen LogP contribution in [0, 0.1) is 0 Å². The summed E-state index contributed by atoms with van der Waals surface area (Å²) in [5.74, 6) is 1.02. The lowest BCUT2D eigenvalue weighted by atomic mass is 10.1. The van der Waals surface area contributed by atoms with Crippen LogP contribution in [-0.4, -0.2) is 33.4 Å². The Labute approximate surface area is 103 Å². The fraction of sp³-hybridized carbons (Fsp3) is 0.571. The van der Waals surface area contributed by atoms with Crippen LogP contribution in [0.3, 0.4) is 0 Å². The van der Waals surface area contributed by atoms with Crippen molar-refractivity contribution >= 4 is 5.69 Å². The van der Waals surface area contributed by atoms with Crippen LogP contribution in [0.25, 0.3) is 0 Å². The van der Waals surface area contributed by atoms with Gasteiger partial charge in [0.2, 0.25) is 0 Å². The van der Waals surface area contributed by atoms with Crippen molar-refractivity contribution < 1.29 is 9.47 Å². The maximum atomic E-state index is 5.69. The SMILES string of the molecule is CCc1ccc2c(c1)N(CCCOC)CCO2. The molecule has 3 heteroatoms. The normalized spacial score (nSPS) is 14.4. The van der Waals surface area contributed by atoms with E-state index in [1.54, 1.807) is 7.11 Å². The summed E-state index contributed by atoms with van der Waals surface area (Å²) in [7, 11) is 1.75. The van der Waals surface area contributed by atoms with E-state index in [1.165, 1.54) is 11.3 Å². The molecule has 0 unspecified atom stereocenters. The molecule has 0 radical (unpaired) electrons. The maximum Gasteiger partial charge on any atom is 0.142 e. The molecule has 0 atom stereocenters. The van der Waals surface area contributed by atoms with Gasteiger partial charge in [0.15, 0.2) is 0 Å². The molecular weight excluding hydrogens is 214 g/mol. The van der Waals surface area contributed by atoms with E-state index in [9.17, 15) is 0 Å². The lowest BCUT2D eigenvalue weighted by Gasteiger charge is -2.31. The first kappa shape index (κ1) is 12.2. The van der Waals surface area contributed by atoms with Gasteiger partial charge in [-0.3, -0.25) is 0 Å². The van der Waals surface area contributed by atoms with Crippen molar-refractivity contribution in [2.45, 2.75) is 19.8 Å². The Morgan fingerprint density at radius 1 is 1.41 bits per heavy atom. The minimum Gasteiger partial charge on any atom is -0.490 e. The van der Waals surface area contributed by atoms with Crippen molar-refractivity contribution in [2.24, 2.45) is 0 Å². The molecule has 0 bridgehead atoms. The van der Waals surface area contributed by atoms with Gasteiger partial charge >= 0.3 is 0 Å². The number of fused-ring (bicyclic) bond motifs is 1. The summed E-state index contributed by atoms with van der Waals surface area (Å²) in [4.78, 5) is 2.40. The topological polar surface area (TPSA) is 21.7 Å². The lowest BCUT2D eigenvalue weighted by molar-refractivity contribution is 0.195. The second kappa shape index (κ2) is 5.92. The van der Waals surface area contributed by atoms with Crippen LogP contribution in [0.5, 0.6) is 5.75 Å². The van der Waals surface area contributed by atoms with Gasteiger partial charge in [0.1, 0.15) is 12.4 Å². The number of nitrogens with zero attached hydrogens (tertiary/aromatic N) is 1. The second-order valence-electron chi connectivity index (χ2n) is 4.34. The van der Waals surface area contributed by atoms with E-state index >= 15 is 0 Å². The standard InChI is InChI=1S/C14H21NO2/c1-3-12-5-6-14-13(11-12)15(8-10-17-14)7-4-9-16-2/h5-6,11H,3-4,7-10H2,1-2H3. The van der Waals surface area contributed by atoms with E-state index in [0.717, 1.165) is 44.9 Å². The summed E-state index contributed by atoms with van der Waals surface area (Å²) < 4.78 is 10.8. The van der Waals surface area contributed by atoms with Crippen molar-refractivity contribution in [1.29, 1.82) is 0 Å². The molecule has 0 fully saturated rings. The quantitative estimate of drug-likeness (QED) is 0.732. The maximum absolute atomic E-state index is 5.69. The van der Waals surface area contributed by atoms with Gasteiger partial charge < -0.3 is 14.4 Å². The molecule has 1 aliphatic heterocycles. The first-order valence-corrected chi connectivity index (χ1v) is 6.34. The first-order chi connectivity index (χ1) is 8.35. The van der Waals surface area contributed by atoms with Crippen LogP contribution in [0.2, 0.25) is 0 Å². The number of aryl methyl sites for hydroxylation is 1. The molecule has 0 amide bonds. The minimum absolute atomic E-state index is 0.783. The van der Waals surface area contributed by atoms with Crippen LogP contribution >= 0.6 is 0 Å². The molecule has 0 aliphatic carbocycles. The average molecular weight is 235 g/mol. The van der Waals surface area contributed by atoms with E-state index in [4.69, 9.17) is 9.47 Å². The van der Waals surface area contributed by atoms with Crippen LogP contribution in [0.1, 0.15) is 18.9 Å². The highest BCUT2D eigenvalue weighted by atomic mass is 16.5. The fourth-order valence-corrected chi connectivity index (χ4v) is 2.17. The highest BCUT2D eigenvalue weighted by Gasteiger charge is 2.17. The average Bonchev–Trinajstić information content (AvgIpc) is 2.39. The molecule has 17 heavy (non-hydrogen) atoms. The Morgan fingerprint density at radius 2 is 2.29 bits per heavy atom. The van der Waals surface area contributed by atoms with E-state index in [0.29, 0.717) is 0 Å². The number of ether oxygens (including phenoxy) is 2. The Hall–Kier alpha value is -1.22. The molecule has 0 saturated heterocycles. The molecule has 3 nitrogen and oxygen atoms in total. The van der Waals surface area contributed by atoms with Gasteiger partial charge in [0.05, 0.1) is 12.2 Å². The molecular formula is C14H21NO2. The predicted octanol–water partition coefficient (Wildman–Crippen LogP) is 2.48. The first-order valence-electron chi connectivity index (χ1n) is 6.34. The molecule has 0 spiro atoms. The number of hydrogen-bond donors (Lipinski definition) is 0. The van der Waals surface area contributed by atoms with E-state index in [1.807, 2.05) is 0 Å². The summed E-state index contributed by atoms with van der Waals surface area (Å²) in [5, 5.41) is 0. The Kier molecular flexibility index (Phi) is 4.26. The Morgan fingerprint density at radius 3 is 3.06 bits per heavy atom. The van der Waals surface area contributed by atoms with Crippen LogP contribution in [0.15, 0.2) is 18.2 Å². The van der Waals surface area contributed by atoms with Crippen molar-refractivity contribution in [3.63, 3.8) is 0 Å². The number of methoxy groups -OCH3 is 1. The molecule has 2 rings (SSSR count). The zero-order valence-corrected chi connectivity index (χ0v) is 10.7. The molecule has 94 valence electrons. The molecule has 1 heterocycles. The second-order valence-corrected chi connectivity index (χ2v) is 4.34. The van der Waals surface area contributed by atoms with Gasteiger partial charge in [-0.05, 0) is 30.5 Å². The van der Waals surface area contributed by atoms with E-state index in [2.05, 4.69) is 30.0 Å². The molecule has 0 aromatic heterocycles. The summed E-state index contributed by atoms with van der Waals surface area (Å²) in [5.41, 5.74) is 2.61. The number of benzene rings is 1. The van der Waals surface area contributed by atoms with E-state index in [-0.39, 0.29) is 0 Å². The Balaban J connectivity index is 2.11. The van der Waals surface area contributed by atoms with Gasteiger partial charge in [-0.15, -0.1) is 0 Å². The monoisotopic (exact) mass is 235 g/mol. The van der Waals surface area contributed by atoms with Gasteiger partial charge in [0, 0.05) is 20.3 Å². The van der Waals surface area contributed by atoms with Gasteiger partial charge in [-0.1, -0.05) is 13.0 Å². The summed E-state index contributed by atoms with van der Waals surface area (Å²) >= 11 is 0. The number of anilines is 1. The van der Waals surface area contributed by atoms with Crippen LogP contribution in [-0.2, 0) is 11.2 Å². The smallest absolute Gasteiger partial charge is 0.142 e. The van der Waals surface area contributed by atoms with Gasteiger partial charge in [0.25, 0.3) is 0 Å².